The van der Waals surface area contributed by atoms with Crippen molar-refractivity contribution >= 4 is 27.4 Å². The van der Waals surface area contributed by atoms with Crippen molar-refractivity contribution in [2.75, 3.05) is 5.32 Å². The third-order valence-corrected chi connectivity index (χ3v) is 3.36. The van der Waals surface area contributed by atoms with Gasteiger partial charge in [-0.15, -0.1) is 0 Å². The Labute approximate surface area is 102 Å². The van der Waals surface area contributed by atoms with E-state index in [0.717, 1.165) is 18.8 Å². The van der Waals surface area contributed by atoms with Crippen molar-refractivity contribution in [3.63, 3.8) is 0 Å². The zero-order valence-electron chi connectivity index (χ0n) is 8.81. The molecule has 1 fully saturated rings. The van der Waals surface area contributed by atoms with E-state index in [1.54, 1.807) is 0 Å². The van der Waals surface area contributed by atoms with Crippen LogP contribution in [-0.4, -0.2) is 15.9 Å². The summed E-state index contributed by atoms with van der Waals surface area (Å²) in [4.78, 5) is 14.1. The lowest BCUT2D eigenvalue weighted by atomic mass is 9.82. The Bertz CT molecular complexity index is 419. The fourth-order valence-corrected chi connectivity index (χ4v) is 2.30. The first-order valence-corrected chi connectivity index (χ1v) is 5.92. The largest absolute Gasteiger partial charge is 0.366 e. The lowest BCUT2D eigenvalue weighted by Gasteiger charge is -2.33. The van der Waals surface area contributed by atoms with Crippen LogP contribution >= 0.6 is 15.9 Å². The molecule has 86 valence electrons. The highest BCUT2D eigenvalue weighted by Gasteiger charge is 2.26. The van der Waals surface area contributed by atoms with E-state index in [-0.39, 0.29) is 5.69 Å². The molecule has 1 saturated carbocycles. The number of nitro groups is 1. The number of hydrogen-bond acceptors (Lipinski definition) is 4. The molecule has 1 N–H and O–H groups in total. The summed E-state index contributed by atoms with van der Waals surface area (Å²) in [7, 11) is 0. The molecule has 0 amide bonds. The number of halogens is 1. The van der Waals surface area contributed by atoms with Gasteiger partial charge in [0.1, 0.15) is 12.0 Å². The topological polar surface area (TPSA) is 68.1 Å². The van der Waals surface area contributed by atoms with Gasteiger partial charge < -0.3 is 5.32 Å². The van der Waals surface area contributed by atoms with E-state index in [1.165, 1.54) is 12.3 Å². The third-order valence-electron chi connectivity index (χ3n) is 2.75. The Morgan fingerprint density at radius 2 is 2.31 bits per heavy atom. The third kappa shape index (κ3) is 2.32. The van der Waals surface area contributed by atoms with Crippen LogP contribution in [0.25, 0.3) is 0 Å². The minimum Gasteiger partial charge on any atom is -0.366 e. The first kappa shape index (κ1) is 11.3. The fourth-order valence-electron chi connectivity index (χ4n) is 1.85. The molecular weight excluding hydrogens is 274 g/mol. The van der Waals surface area contributed by atoms with E-state index in [9.17, 15) is 10.1 Å². The van der Waals surface area contributed by atoms with E-state index in [0.29, 0.717) is 16.3 Å². The van der Waals surface area contributed by atoms with Crippen molar-refractivity contribution in [2.45, 2.75) is 25.8 Å². The molecule has 0 atom stereocenters. The molecule has 0 aliphatic heterocycles. The second kappa shape index (κ2) is 4.37. The molecule has 1 aromatic rings. The molecule has 0 unspecified atom stereocenters. The molecule has 5 nitrogen and oxygen atoms in total. The summed E-state index contributed by atoms with van der Waals surface area (Å²) < 4.78 is 0.640. The molecule has 0 aromatic carbocycles. The van der Waals surface area contributed by atoms with Crippen molar-refractivity contribution in [1.82, 2.24) is 4.98 Å². The van der Waals surface area contributed by atoms with Crippen molar-refractivity contribution < 1.29 is 4.92 Å². The molecule has 0 radical (unpaired) electrons. The van der Waals surface area contributed by atoms with Crippen molar-refractivity contribution in [2.24, 2.45) is 5.92 Å². The lowest BCUT2D eigenvalue weighted by Crippen LogP contribution is -2.34. The van der Waals surface area contributed by atoms with Crippen LogP contribution < -0.4 is 5.32 Å². The highest BCUT2D eigenvalue weighted by Crippen LogP contribution is 2.32. The number of nitrogens with one attached hydrogen (secondary N) is 1. The van der Waals surface area contributed by atoms with Crippen molar-refractivity contribution in [3.05, 3.63) is 26.9 Å². The van der Waals surface area contributed by atoms with E-state index < -0.39 is 4.92 Å². The lowest BCUT2D eigenvalue weighted by molar-refractivity contribution is -0.385. The Kier molecular flexibility index (Phi) is 3.09. The maximum absolute atomic E-state index is 10.5. The molecule has 16 heavy (non-hydrogen) atoms. The monoisotopic (exact) mass is 285 g/mol. The SMILES string of the molecule is CC1CC(Nc2ncc([N+](=O)[O-])cc2Br)C1. The van der Waals surface area contributed by atoms with Gasteiger partial charge in [-0.2, -0.15) is 0 Å². The van der Waals surface area contributed by atoms with E-state index >= 15 is 0 Å². The van der Waals surface area contributed by atoms with Crippen LogP contribution in [0.4, 0.5) is 11.5 Å². The van der Waals surface area contributed by atoms with Crippen LogP contribution in [-0.2, 0) is 0 Å². The van der Waals surface area contributed by atoms with Gasteiger partial charge in [-0.3, -0.25) is 10.1 Å². The maximum atomic E-state index is 10.5. The first-order valence-electron chi connectivity index (χ1n) is 5.12. The van der Waals surface area contributed by atoms with E-state index in [2.05, 4.69) is 33.2 Å². The van der Waals surface area contributed by atoms with Gasteiger partial charge in [0.15, 0.2) is 0 Å². The van der Waals surface area contributed by atoms with Gasteiger partial charge in [0.25, 0.3) is 5.69 Å². The number of nitrogens with zero attached hydrogens (tertiary/aromatic N) is 2. The van der Waals surface area contributed by atoms with Crippen LogP contribution in [0.2, 0.25) is 0 Å². The second-order valence-electron chi connectivity index (χ2n) is 4.20. The zero-order valence-corrected chi connectivity index (χ0v) is 10.4. The Balaban J connectivity index is 2.07. The van der Waals surface area contributed by atoms with Gasteiger partial charge in [-0.05, 0) is 34.7 Å². The Morgan fingerprint density at radius 1 is 1.62 bits per heavy atom. The number of hydrogen-bond donors (Lipinski definition) is 1. The summed E-state index contributed by atoms with van der Waals surface area (Å²) in [6, 6.07) is 1.91. The van der Waals surface area contributed by atoms with E-state index in [1.807, 2.05) is 0 Å². The minimum absolute atomic E-state index is 0.000553. The maximum Gasteiger partial charge on any atom is 0.288 e. The molecule has 1 aliphatic rings. The predicted molar refractivity (Wildman–Crippen MR) is 64.4 cm³/mol. The van der Waals surface area contributed by atoms with Gasteiger partial charge >= 0.3 is 0 Å². The summed E-state index contributed by atoms with van der Waals surface area (Å²) in [5.41, 5.74) is -0.000553. The average Bonchev–Trinajstić information content (AvgIpc) is 2.18. The summed E-state index contributed by atoms with van der Waals surface area (Å²) in [5, 5.41) is 13.8. The Morgan fingerprint density at radius 3 is 2.81 bits per heavy atom. The molecule has 1 aromatic heterocycles. The minimum atomic E-state index is -0.451. The standard InChI is InChI=1S/C10H12BrN3O2/c1-6-2-7(3-6)13-10-9(11)4-8(5-12-10)14(15)16/h4-7H,2-3H2,1H3,(H,12,13). The molecular formula is C10H12BrN3O2. The molecule has 6 heteroatoms. The zero-order chi connectivity index (χ0) is 11.7. The van der Waals surface area contributed by atoms with Crippen LogP contribution in [0.15, 0.2) is 16.7 Å². The van der Waals surface area contributed by atoms with Crippen LogP contribution in [0.5, 0.6) is 0 Å². The molecule has 0 bridgehead atoms. The van der Waals surface area contributed by atoms with Crippen molar-refractivity contribution in [1.29, 1.82) is 0 Å². The summed E-state index contributed by atoms with van der Waals surface area (Å²) in [5.74, 6) is 1.44. The number of aromatic nitrogens is 1. The van der Waals surface area contributed by atoms with Gasteiger partial charge in [0.2, 0.25) is 0 Å². The van der Waals surface area contributed by atoms with Crippen molar-refractivity contribution in [3.8, 4) is 0 Å². The molecule has 0 spiro atoms. The number of anilines is 1. The smallest absolute Gasteiger partial charge is 0.288 e. The van der Waals surface area contributed by atoms with Gasteiger partial charge in [-0.25, -0.2) is 4.98 Å². The molecule has 0 saturated heterocycles. The number of pyridine rings is 1. The average molecular weight is 286 g/mol. The predicted octanol–water partition coefficient (Wildman–Crippen LogP) is 2.96. The Hall–Kier alpha value is -1.17. The highest BCUT2D eigenvalue weighted by molar-refractivity contribution is 9.10. The fraction of sp³-hybridized carbons (Fsp3) is 0.500. The number of rotatable bonds is 3. The summed E-state index contributed by atoms with van der Waals surface area (Å²) in [6.45, 7) is 2.20. The summed E-state index contributed by atoms with van der Waals surface area (Å²) in [6.07, 6.45) is 3.53. The van der Waals surface area contributed by atoms with E-state index in [4.69, 9.17) is 0 Å². The van der Waals surface area contributed by atoms with Gasteiger partial charge in [0, 0.05) is 12.1 Å². The normalized spacial score (nSPS) is 23.6. The van der Waals surface area contributed by atoms with Crippen LogP contribution in [0.1, 0.15) is 19.8 Å². The molecule has 2 rings (SSSR count). The van der Waals surface area contributed by atoms with Crippen LogP contribution in [0.3, 0.4) is 0 Å². The molecule has 1 heterocycles. The first-order chi connectivity index (χ1) is 7.56. The van der Waals surface area contributed by atoms with Gasteiger partial charge in [0.05, 0.1) is 9.40 Å². The molecule has 1 aliphatic carbocycles. The highest BCUT2D eigenvalue weighted by atomic mass is 79.9. The second-order valence-corrected chi connectivity index (χ2v) is 5.05. The van der Waals surface area contributed by atoms with Gasteiger partial charge in [-0.1, -0.05) is 6.92 Å². The van der Waals surface area contributed by atoms with Crippen LogP contribution in [0, 0.1) is 16.0 Å². The summed E-state index contributed by atoms with van der Waals surface area (Å²) >= 11 is 3.28. The quantitative estimate of drug-likeness (QED) is 0.685.